The lowest BCUT2D eigenvalue weighted by Crippen LogP contribution is -2.40. The molecule has 0 aliphatic carbocycles. The highest BCUT2D eigenvalue weighted by Gasteiger charge is 2.22. The topological polar surface area (TPSA) is 50.7 Å². The number of benzene rings is 1. The van der Waals surface area contributed by atoms with Crippen LogP contribution in [0.3, 0.4) is 0 Å². The minimum absolute atomic E-state index is 0.310. The van der Waals surface area contributed by atoms with Crippen LogP contribution in [-0.2, 0) is 4.74 Å². The first-order chi connectivity index (χ1) is 9.65. The number of rotatable bonds is 7. The van der Waals surface area contributed by atoms with E-state index in [1.165, 1.54) is 0 Å². The second-order valence-electron chi connectivity index (χ2n) is 5.60. The predicted octanol–water partition coefficient (Wildman–Crippen LogP) is 1.75. The maximum absolute atomic E-state index is 9.95. The molecule has 20 heavy (non-hydrogen) atoms. The molecule has 1 fully saturated rings. The summed E-state index contributed by atoms with van der Waals surface area (Å²) >= 11 is 0. The van der Waals surface area contributed by atoms with Crippen molar-refractivity contribution in [2.75, 3.05) is 26.4 Å². The molecule has 2 N–H and O–H groups in total. The molecule has 3 unspecified atom stereocenters. The molecule has 2 rings (SSSR count). The molecule has 0 saturated carbocycles. The van der Waals surface area contributed by atoms with E-state index < -0.39 is 6.10 Å². The van der Waals surface area contributed by atoms with Gasteiger partial charge in [-0.2, -0.15) is 0 Å². The molecule has 0 spiro atoms. The van der Waals surface area contributed by atoms with E-state index in [0.29, 0.717) is 25.1 Å². The second-order valence-corrected chi connectivity index (χ2v) is 5.60. The third-order valence-electron chi connectivity index (χ3n) is 3.78. The second kappa shape index (κ2) is 7.62. The van der Waals surface area contributed by atoms with Gasteiger partial charge < -0.3 is 19.9 Å². The Hall–Kier alpha value is -1.10. The van der Waals surface area contributed by atoms with Crippen LogP contribution in [0.15, 0.2) is 24.3 Å². The van der Waals surface area contributed by atoms with Crippen LogP contribution < -0.4 is 10.1 Å². The Kier molecular flexibility index (Phi) is 5.83. The molecule has 4 heteroatoms. The Balaban J connectivity index is 1.66. The fourth-order valence-corrected chi connectivity index (χ4v) is 2.39. The van der Waals surface area contributed by atoms with Crippen LogP contribution in [0.4, 0.5) is 0 Å². The summed E-state index contributed by atoms with van der Waals surface area (Å²) in [7, 11) is 0. The summed E-state index contributed by atoms with van der Waals surface area (Å²) in [6, 6.07) is 8.23. The summed E-state index contributed by atoms with van der Waals surface area (Å²) in [6.07, 6.45) is 0.602. The molecule has 0 amide bonds. The fourth-order valence-electron chi connectivity index (χ4n) is 2.39. The lowest BCUT2D eigenvalue weighted by atomic mass is 10.0. The number of hydrogen-bond donors (Lipinski definition) is 2. The molecule has 0 aromatic heterocycles. The molecule has 1 aromatic carbocycles. The fraction of sp³-hybridized carbons (Fsp3) is 0.625. The van der Waals surface area contributed by atoms with Crippen molar-refractivity contribution in [3.8, 4) is 5.75 Å². The number of aryl methyl sites for hydroxylation is 1. The van der Waals surface area contributed by atoms with Gasteiger partial charge in [-0.1, -0.05) is 12.1 Å². The molecule has 0 bridgehead atoms. The van der Waals surface area contributed by atoms with Gasteiger partial charge in [-0.3, -0.25) is 0 Å². The number of aliphatic hydroxyl groups is 1. The molecule has 0 radical (unpaired) electrons. The first kappa shape index (κ1) is 15.3. The normalized spacial score (nSPS) is 21.6. The number of aliphatic hydroxyl groups excluding tert-OH is 1. The molecule has 112 valence electrons. The van der Waals surface area contributed by atoms with Gasteiger partial charge in [0.15, 0.2) is 0 Å². The molecular formula is C16H25NO3. The molecule has 1 aliphatic rings. The quantitative estimate of drug-likeness (QED) is 0.798. The van der Waals surface area contributed by atoms with Crippen molar-refractivity contribution in [2.24, 2.45) is 5.92 Å². The van der Waals surface area contributed by atoms with E-state index in [0.717, 1.165) is 30.9 Å². The summed E-state index contributed by atoms with van der Waals surface area (Å²) < 4.78 is 11.0. The zero-order valence-electron chi connectivity index (χ0n) is 12.3. The Labute approximate surface area is 121 Å². The van der Waals surface area contributed by atoms with Crippen LogP contribution in [0.5, 0.6) is 5.75 Å². The summed E-state index contributed by atoms with van der Waals surface area (Å²) in [5, 5.41) is 13.3. The van der Waals surface area contributed by atoms with Gasteiger partial charge in [-0.05, 0) is 43.9 Å². The third-order valence-corrected chi connectivity index (χ3v) is 3.78. The maximum Gasteiger partial charge on any atom is 0.119 e. The van der Waals surface area contributed by atoms with Crippen molar-refractivity contribution in [3.05, 3.63) is 29.8 Å². The van der Waals surface area contributed by atoms with Crippen LogP contribution in [0.2, 0.25) is 0 Å². The Morgan fingerprint density at radius 3 is 3.05 bits per heavy atom. The van der Waals surface area contributed by atoms with Gasteiger partial charge in [0.2, 0.25) is 0 Å². The highest BCUT2D eigenvalue weighted by Crippen LogP contribution is 2.16. The Morgan fingerprint density at radius 2 is 2.35 bits per heavy atom. The average Bonchev–Trinajstić information content (AvgIpc) is 2.97. The molecule has 1 aromatic rings. The zero-order chi connectivity index (χ0) is 14.4. The molecule has 3 atom stereocenters. The van der Waals surface area contributed by atoms with Crippen molar-refractivity contribution in [1.29, 1.82) is 0 Å². The van der Waals surface area contributed by atoms with Gasteiger partial charge in [0.1, 0.15) is 18.5 Å². The van der Waals surface area contributed by atoms with E-state index in [4.69, 9.17) is 9.47 Å². The van der Waals surface area contributed by atoms with Crippen molar-refractivity contribution in [3.63, 3.8) is 0 Å². The minimum atomic E-state index is -0.500. The first-order valence-electron chi connectivity index (χ1n) is 7.34. The maximum atomic E-state index is 9.95. The lowest BCUT2D eigenvalue weighted by Gasteiger charge is -2.21. The van der Waals surface area contributed by atoms with E-state index in [2.05, 4.69) is 12.2 Å². The van der Waals surface area contributed by atoms with E-state index in [1.807, 2.05) is 31.2 Å². The average molecular weight is 279 g/mol. The summed E-state index contributed by atoms with van der Waals surface area (Å²) in [5.41, 5.74) is 1.16. The van der Waals surface area contributed by atoms with Gasteiger partial charge in [-0.15, -0.1) is 0 Å². The van der Waals surface area contributed by atoms with E-state index in [1.54, 1.807) is 0 Å². The van der Waals surface area contributed by atoms with Crippen LogP contribution in [0.1, 0.15) is 18.9 Å². The van der Waals surface area contributed by atoms with E-state index >= 15 is 0 Å². The summed E-state index contributed by atoms with van der Waals surface area (Å²) in [5.74, 6) is 1.36. The minimum Gasteiger partial charge on any atom is -0.491 e. The number of nitrogens with one attached hydrogen (secondary N) is 1. The standard InChI is InChI=1S/C16H25NO3/c1-12-4-3-5-16(8-12)20-11-15(18)9-17-13(2)14-6-7-19-10-14/h3-5,8,13-15,17-18H,6-7,9-11H2,1-2H3. The zero-order valence-corrected chi connectivity index (χ0v) is 12.3. The van der Waals surface area contributed by atoms with E-state index in [9.17, 15) is 5.11 Å². The van der Waals surface area contributed by atoms with Gasteiger partial charge in [0, 0.05) is 19.2 Å². The van der Waals surface area contributed by atoms with Crippen molar-refractivity contribution >= 4 is 0 Å². The summed E-state index contributed by atoms with van der Waals surface area (Å²) in [6.45, 7) is 6.71. The SMILES string of the molecule is Cc1cccc(OCC(O)CNC(C)C2CCOC2)c1. The summed E-state index contributed by atoms with van der Waals surface area (Å²) in [4.78, 5) is 0. The monoisotopic (exact) mass is 279 g/mol. The van der Waals surface area contributed by atoms with Gasteiger partial charge in [-0.25, -0.2) is 0 Å². The van der Waals surface area contributed by atoms with Crippen molar-refractivity contribution in [1.82, 2.24) is 5.32 Å². The highest BCUT2D eigenvalue weighted by molar-refractivity contribution is 5.27. The molecular weight excluding hydrogens is 254 g/mol. The number of ether oxygens (including phenoxy) is 2. The van der Waals surface area contributed by atoms with Gasteiger partial charge >= 0.3 is 0 Å². The largest absolute Gasteiger partial charge is 0.491 e. The van der Waals surface area contributed by atoms with Crippen LogP contribution in [0.25, 0.3) is 0 Å². The first-order valence-corrected chi connectivity index (χ1v) is 7.34. The lowest BCUT2D eigenvalue weighted by molar-refractivity contribution is 0.100. The van der Waals surface area contributed by atoms with Crippen LogP contribution in [-0.4, -0.2) is 43.6 Å². The molecule has 1 aliphatic heterocycles. The van der Waals surface area contributed by atoms with Gasteiger partial charge in [0.05, 0.1) is 6.61 Å². The van der Waals surface area contributed by atoms with Crippen molar-refractivity contribution in [2.45, 2.75) is 32.4 Å². The van der Waals surface area contributed by atoms with Gasteiger partial charge in [0.25, 0.3) is 0 Å². The Morgan fingerprint density at radius 1 is 1.50 bits per heavy atom. The molecule has 1 saturated heterocycles. The van der Waals surface area contributed by atoms with Crippen molar-refractivity contribution < 1.29 is 14.6 Å². The third kappa shape index (κ3) is 4.78. The predicted molar refractivity (Wildman–Crippen MR) is 79.1 cm³/mol. The van der Waals surface area contributed by atoms with Crippen LogP contribution >= 0.6 is 0 Å². The van der Waals surface area contributed by atoms with Crippen LogP contribution in [0, 0.1) is 12.8 Å². The Bertz CT molecular complexity index is 404. The molecule has 1 heterocycles. The smallest absolute Gasteiger partial charge is 0.119 e. The number of hydrogen-bond acceptors (Lipinski definition) is 4. The highest BCUT2D eigenvalue weighted by atomic mass is 16.5. The molecule has 4 nitrogen and oxygen atoms in total. The van der Waals surface area contributed by atoms with E-state index in [-0.39, 0.29) is 0 Å².